The second-order valence-electron chi connectivity index (χ2n) is 7.81. The van der Waals surface area contributed by atoms with E-state index in [1.165, 1.54) is 30.1 Å². The summed E-state index contributed by atoms with van der Waals surface area (Å²) in [5.41, 5.74) is 3.67. The van der Waals surface area contributed by atoms with Crippen molar-refractivity contribution in [2.75, 3.05) is 26.8 Å². The standard InChI is InChI=1S/C23H23NO5/c1-15(25)11-23(21(26)28-2)13-24(14-23)22(27)29-12-20-18-9-5-3-7-16(18)17-8-4-6-10-19(17)20/h3-10,20H,11-14H2,1-2H3. The number of hydrogen-bond acceptors (Lipinski definition) is 5. The predicted molar refractivity (Wildman–Crippen MR) is 106 cm³/mol. The molecule has 0 bridgehead atoms. The first kappa shape index (κ1) is 19.2. The summed E-state index contributed by atoms with van der Waals surface area (Å²) >= 11 is 0. The molecule has 6 heteroatoms. The first-order valence-corrected chi connectivity index (χ1v) is 9.63. The molecular weight excluding hydrogens is 370 g/mol. The summed E-state index contributed by atoms with van der Waals surface area (Å²) in [6, 6.07) is 16.3. The van der Waals surface area contributed by atoms with Crippen molar-refractivity contribution >= 4 is 17.8 Å². The predicted octanol–water partition coefficient (Wildman–Crippen LogP) is 3.39. The van der Waals surface area contributed by atoms with Gasteiger partial charge < -0.3 is 14.4 Å². The molecule has 1 saturated heterocycles. The topological polar surface area (TPSA) is 72.9 Å². The number of nitrogens with zero attached hydrogens (tertiary/aromatic N) is 1. The van der Waals surface area contributed by atoms with Crippen LogP contribution in [0, 0.1) is 5.41 Å². The Balaban J connectivity index is 1.44. The minimum Gasteiger partial charge on any atom is -0.468 e. The van der Waals surface area contributed by atoms with Gasteiger partial charge in [-0.2, -0.15) is 0 Å². The number of rotatable bonds is 5. The van der Waals surface area contributed by atoms with Crippen LogP contribution in [0.3, 0.4) is 0 Å². The minimum atomic E-state index is -0.952. The van der Waals surface area contributed by atoms with Crippen LogP contribution < -0.4 is 0 Å². The molecule has 6 nitrogen and oxygen atoms in total. The second kappa shape index (κ2) is 7.35. The molecule has 0 aromatic heterocycles. The Morgan fingerprint density at radius 2 is 1.55 bits per heavy atom. The Morgan fingerprint density at radius 1 is 1.00 bits per heavy atom. The van der Waals surface area contributed by atoms with Crippen molar-refractivity contribution in [1.29, 1.82) is 0 Å². The molecule has 0 radical (unpaired) electrons. The van der Waals surface area contributed by atoms with Crippen molar-refractivity contribution in [3.05, 3.63) is 59.7 Å². The SMILES string of the molecule is COC(=O)C1(CC(C)=O)CN(C(=O)OCC2c3ccccc3-c3ccccc32)C1. The molecule has 1 fully saturated rings. The summed E-state index contributed by atoms with van der Waals surface area (Å²) in [5, 5.41) is 0. The number of carbonyl (C=O) groups excluding carboxylic acids is 3. The quantitative estimate of drug-likeness (QED) is 0.728. The number of esters is 1. The van der Waals surface area contributed by atoms with Crippen LogP contribution in [0.1, 0.15) is 30.4 Å². The summed E-state index contributed by atoms with van der Waals surface area (Å²) in [6.45, 7) is 1.92. The molecule has 0 unspecified atom stereocenters. The Bertz CT molecular complexity index is 931. The molecule has 0 atom stereocenters. The van der Waals surface area contributed by atoms with Gasteiger partial charge in [-0.3, -0.25) is 9.59 Å². The zero-order chi connectivity index (χ0) is 20.6. The van der Waals surface area contributed by atoms with E-state index in [1.54, 1.807) is 0 Å². The van der Waals surface area contributed by atoms with Crippen molar-refractivity contribution < 1.29 is 23.9 Å². The van der Waals surface area contributed by atoms with E-state index in [-0.39, 0.29) is 37.8 Å². The van der Waals surface area contributed by atoms with Gasteiger partial charge >= 0.3 is 12.1 Å². The summed E-state index contributed by atoms with van der Waals surface area (Å²) in [7, 11) is 1.29. The number of likely N-dealkylation sites (tertiary alicyclic amines) is 1. The Hall–Kier alpha value is -3.15. The van der Waals surface area contributed by atoms with Crippen molar-refractivity contribution in [1.82, 2.24) is 4.90 Å². The lowest BCUT2D eigenvalue weighted by Gasteiger charge is -2.46. The van der Waals surface area contributed by atoms with Crippen molar-refractivity contribution in [3.8, 4) is 11.1 Å². The lowest BCUT2D eigenvalue weighted by atomic mass is 9.76. The van der Waals surface area contributed by atoms with Gasteiger partial charge in [-0.15, -0.1) is 0 Å². The second-order valence-corrected chi connectivity index (χ2v) is 7.81. The lowest BCUT2D eigenvalue weighted by Crippen LogP contribution is -2.63. The number of ether oxygens (including phenoxy) is 2. The van der Waals surface area contributed by atoms with Gasteiger partial charge in [0.25, 0.3) is 0 Å². The van der Waals surface area contributed by atoms with Gasteiger partial charge in [0.2, 0.25) is 0 Å². The maximum absolute atomic E-state index is 12.6. The number of amides is 1. The molecule has 2 aliphatic rings. The third-order valence-corrected chi connectivity index (χ3v) is 5.79. The largest absolute Gasteiger partial charge is 0.468 e. The fourth-order valence-corrected chi connectivity index (χ4v) is 4.50. The highest BCUT2D eigenvalue weighted by Gasteiger charge is 2.53. The zero-order valence-corrected chi connectivity index (χ0v) is 16.5. The van der Waals surface area contributed by atoms with E-state index in [1.807, 2.05) is 24.3 Å². The van der Waals surface area contributed by atoms with Crippen LogP contribution in [0.25, 0.3) is 11.1 Å². The highest BCUT2D eigenvalue weighted by molar-refractivity contribution is 5.88. The zero-order valence-electron chi connectivity index (χ0n) is 16.5. The maximum Gasteiger partial charge on any atom is 0.409 e. The van der Waals surface area contributed by atoms with Crippen LogP contribution in [-0.2, 0) is 19.1 Å². The average Bonchev–Trinajstić information content (AvgIpc) is 3.01. The first-order valence-electron chi connectivity index (χ1n) is 9.63. The third kappa shape index (κ3) is 3.28. The number of fused-ring (bicyclic) bond motifs is 3. The summed E-state index contributed by atoms with van der Waals surface area (Å²) in [6.07, 6.45) is -0.415. The molecule has 0 saturated carbocycles. The van der Waals surface area contributed by atoms with E-state index in [0.29, 0.717) is 0 Å². The van der Waals surface area contributed by atoms with Gasteiger partial charge in [0.05, 0.1) is 7.11 Å². The van der Waals surface area contributed by atoms with E-state index < -0.39 is 17.5 Å². The molecular formula is C23H23NO5. The Labute approximate surface area is 169 Å². The van der Waals surface area contributed by atoms with Crippen LogP contribution >= 0.6 is 0 Å². The monoisotopic (exact) mass is 393 g/mol. The first-order chi connectivity index (χ1) is 13.9. The van der Waals surface area contributed by atoms with Crippen molar-refractivity contribution in [3.63, 3.8) is 0 Å². The van der Waals surface area contributed by atoms with Crippen LogP contribution in [0.4, 0.5) is 4.79 Å². The molecule has 1 amide bonds. The Morgan fingerprint density at radius 3 is 2.07 bits per heavy atom. The minimum absolute atomic E-state index is 0.0183. The molecule has 1 aliphatic heterocycles. The number of Topliss-reactive ketones (excluding diaryl/α,β-unsaturated/α-hetero) is 1. The van der Waals surface area contributed by atoms with Crippen LogP contribution in [0.2, 0.25) is 0 Å². The van der Waals surface area contributed by atoms with Gasteiger partial charge in [0.1, 0.15) is 17.8 Å². The fourth-order valence-electron chi connectivity index (χ4n) is 4.50. The van der Waals surface area contributed by atoms with E-state index in [0.717, 1.165) is 11.1 Å². The molecule has 150 valence electrons. The third-order valence-electron chi connectivity index (χ3n) is 5.79. The van der Waals surface area contributed by atoms with Gasteiger partial charge in [-0.25, -0.2) is 4.79 Å². The fraction of sp³-hybridized carbons (Fsp3) is 0.348. The number of carbonyl (C=O) groups is 3. The lowest BCUT2D eigenvalue weighted by molar-refractivity contribution is -0.165. The highest BCUT2D eigenvalue weighted by atomic mass is 16.6. The number of hydrogen-bond donors (Lipinski definition) is 0. The summed E-state index contributed by atoms with van der Waals surface area (Å²) in [5.74, 6) is -0.590. The van der Waals surface area contributed by atoms with E-state index >= 15 is 0 Å². The summed E-state index contributed by atoms with van der Waals surface area (Å²) < 4.78 is 10.4. The van der Waals surface area contributed by atoms with E-state index in [9.17, 15) is 14.4 Å². The van der Waals surface area contributed by atoms with E-state index in [4.69, 9.17) is 9.47 Å². The van der Waals surface area contributed by atoms with Gasteiger partial charge in [0.15, 0.2) is 0 Å². The molecule has 1 aliphatic carbocycles. The molecule has 4 rings (SSSR count). The molecule has 2 aromatic rings. The van der Waals surface area contributed by atoms with Crippen molar-refractivity contribution in [2.24, 2.45) is 5.41 Å². The van der Waals surface area contributed by atoms with Crippen molar-refractivity contribution in [2.45, 2.75) is 19.3 Å². The summed E-state index contributed by atoms with van der Waals surface area (Å²) in [4.78, 5) is 37.7. The highest BCUT2D eigenvalue weighted by Crippen LogP contribution is 2.44. The van der Waals surface area contributed by atoms with Crippen LogP contribution in [0.5, 0.6) is 0 Å². The van der Waals surface area contributed by atoms with Crippen LogP contribution in [0.15, 0.2) is 48.5 Å². The average molecular weight is 393 g/mol. The van der Waals surface area contributed by atoms with E-state index in [2.05, 4.69) is 24.3 Å². The number of benzene rings is 2. The smallest absolute Gasteiger partial charge is 0.409 e. The molecule has 2 aromatic carbocycles. The van der Waals surface area contributed by atoms with Gasteiger partial charge in [-0.1, -0.05) is 48.5 Å². The normalized spacial score (nSPS) is 16.4. The van der Waals surface area contributed by atoms with Gasteiger partial charge in [-0.05, 0) is 29.2 Å². The Kier molecular flexibility index (Phi) is 4.86. The van der Waals surface area contributed by atoms with Crippen LogP contribution in [-0.4, -0.2) is 49.6 Å². The number of ketones is 1. The maximum atomic E-state index is 12.6. The molecule has 0 N–H and O–H groups in total. The molecule has 1 heterocycles. The molecule has 29 heavy (non-hydrogen) atoms. The van der Waals surface area contributed by atoms with Gasteiger partial charge in [0, 0.05) is 25.4 Å². The number of methoxy groups -OCH3 is 1. The molecule has 0 spiro atoms.